The standard InChI is InChI=1S/C21H16F3N7O/c1-30(20(32)21(22,23)24)15-4-2-3-13(9-15)17(5-7-25)31-11-14(10-29-31)18-16-6-8-26-19(16)28-12-27-18/h2-4,6,8-12,17H,5H2,1H3,(H,26,27,28). The van der Waals surface area contributed by atoms with Gasteiger partial charge in [-0.15, -0.1) is 0 Å². The van der Waals surface area contributed by atoms with E-state index in [4.69, 9.17) is 0 Å². The average molecular weight is 439 g/mol. The summed E-state index contributed by atoms with van der Waals surface area (Å²) >= 11 is 0. The van der Waals surface area contributed by atoms with E-state index in [0.717, 1.165) is 12.4 Å². The van der Waals surface area contributed by atoms with Gasteiger partial charge in [-0.05, 0) is 23.8 Å². The molecule has 11 heteroatoms. The number of halogens is 3. The number of aromatic amines is 1. The summed E-state index contributed by atoms with van der Waals surface area (Å²) in [5.41, 5.74) is 2.62. The minimum absolute atomic E-state index is 0.0187. The predicted octanol–water partition coefficient (Wildman–Crippen LogP) is 3.85. The molecule has 4 rings (SSSR count). The van der Waals surface area contributed by atoms with Crippen molar-refractivity contribution in [2.45, 2.75) is 18.6 Å². The van der Waals surface area contributed by atoms with Crippen LogP contribution in [0.4, 0.5) is 18.9 Å². The molecule has 0 aliphatic rings. The highest BCUT2D eigenvalue weighted by atomic mass is 19.4. The van der Waals surface area contributed by atoms with Gasteiger partial charge in [-0.1, -0.05) is 12.1 Å². The number of rotatable bonds is 5. The number of aromatic nitrogens is 5. The molecule has 0 saturated carbocycles. The number of carbonyl (C=O) groups excluding carboxylic acids is 1. The van der Waals surface area contributed by atoms with Gasteiger partial charge in [0.1, 0.15) is 12.0 Å². The molecule has 1 atom stereocenters. The molecule has 0 aliphatic heterocycles. The van der Waals surface area contributed by atoms with Crippen molar-refractivity contribution in [3.63, 3.8) is 0 Å². The van der Waals surface area contributed by atoms with Crippen LogP contribution in [0.3, 0.4) is 0 Å². The largest absolute Gasteiger partial charge is 0.471 e. The molecule has 0 spiro atoms. The second-order valence-electron chi connectivity index (χ2n) is 7.01. The molecule has 0 fully saturated rings. The highest BCUT2D eigenvalue weighted by Crippen LogP contribution is 2.30. The number of fused-ring (bicyclic) bond motifs is 1. The molecular formula is C21H16F3N7O. The zero-order valence-corrected chi connectivity index (χ0v) is 16.7. The predicted molar refractivity (Wildman–Crippen MR) is 109 cm³/mol. The number of anilines is 1. The Bertz CT molecular complexity index is 1320. The Hall–Kier alpha value is -4.20. The summed E-state index contributed by atoms with van der Waals surface area (Å²) in [5.74, 6) is -1.98. The van der Waals surface area contributed by atoms with Gasteiger partial charge in [0.25, 0.3) is 0 Å². The molecule has 1 aromatic carbocycles. The van der Waals surface area contributed by atoms with E-state index in [1.54, 1.807) is 29.3 Å². The highest BCUT2D eigenvalue weighted by Gasteiger charge is 2.41. The molecule has 3 heterocycles. The maximum Gasteiger partial charge on any atom is 0.471 e. The second kappa shape index (κ2) is 8.14. The van der Waals surface area contributed by atoms with Crippen LogP contribution in [0.1, 0.15) is 18.0 Å². The smallest absolute Gasteiger partial charge is 0.346 e. The maximum atomic E-state index is 12.8. The lowest BCUT2D eigenvalue weighted by Crippen LogP contribution is -2.38. The first-order valence-electron chi connectivity index (χ1n) is 9.44. The van der Waals surface area contributed by atoms with E-state index in [1.165, 1.54) is 24.5 Å². The number of nitrogens with one attached hydrogen (secondary N) is 1. The van der Waals surface area contributed by atoms with Crippen molar-refractivity contribution in [3.8, 4) is 17.3 Å². The molecule has 0 radical (unpaired) electrons. The molecule has 32 heavy (non-hydrogen) atoms. The third-order valence-electron chi connectivity index (χ3n) is 5.02. The van der Waals surface area contributed by atoms with Gasteiger partial charge in [-0.2, -0.15) is 23.5 Å². The van der Waals surface area contributed by atoms with Crippen LogP contribution < -0.4 is 4.90 Å². The van der Waals surface area contributed by atoms with Gasteiger partial charge in [-0.25, -0.2) is 9.97 Å². The van der Waals surface area contributed by atoms with Crippen LogP contribution in [0.15, 0.2) is 55.2 Å². The van der Waals surface area contributed by atoms with Crippen LogP contribution in [-0.4, -0.2) is 43.9 Å². The zero-order chi connectivity index (χ0) is 22.9. The van der Waals surface area contributed by atoms with E-state index in [1.807, 2.05) is 6.07 Å². The molecule has 3 aromatic heterocycles. The molecule has 1 amide bonds. The fourth-order valence-electron chi connectivity index (χ4n) is 3.43. The summed E-state index contributed by atoms with van der Waals surface area (Å²) in [5, 5.41) is 14.5. The Morgan fingerprint density at radius 1 is 1.31 bits per heavy atom. The fraction of sp³-hybridized carbons (Fsp3) is 0.190. The third-order valence-corrected chi connectivity index (χ3v) is 5.02. The van der Waals surface area contributed by atoms with Crippen molar-refractivity contribution in [1.82, 2.24) is 24.7 Å². The van der Waals surface area contributed by atoms with Crippen molar-refractivity contribution in [1.29, 1.82) is 5.26 Å². The summed E-state index contributed by atoms with van der Waals surface area (Å²) in [6, 6.07) is 9.40. The van der Waals surface area contributed by atoms with Gasteiger partial charge in [0.2, 0.25) is 0 Å². The minimum atomic E-state index is -4.99. The van der Waals surface area contributed by atoms with Gasteiger partial charge >= 0.3 is 12.1 Å². The lowest BCUT2D eigenvalue weighted by molar-refractivity contribution is -0.170. The first-order chi connectivity index (χ1) is 15.3. The van der Waals surface area contributed by atoms with Gasteiger partial charge in [-0.3, -0.25) is 9.48 Å². The van der Waals surface area contributed by atoms with E-state index in [-0.39, 0.29) is 12.1 Å². The van der Waals surface area contributed by atoms with Crippen LogP contribution in [-0.2, 0) is 4.79 Å². The van der Waals surface area contributed by atoms with Crippen molar-refractivity contribution in [3.05, 3.63) is 60.8 Å². The quantitative estimate of drug-likeness (QED) is 0.509. The van der Waals surface area contributed by atoms with Crippen molar-refractivity contribution in [2.75, 3.05) is 11.9 Å². The molecule has 1 N–H and O–H groups in total. The highest BCUT2D eigenvalue weighted by molar-refractivity contribution is 5.96. The Labute approximate surface area is 179 Å². The van der Waals surface area contributed by atoms with Gasteiger partial charge in [0.15, 0.2) is 0 Å². The third kappa shape index (κ3) is 3.90. The number of hydrogen-bond acceptors (Lipinski definition) is 5. The van der Waals surface area contributed by atoms with Crippen molar-refractivity contribution < 1.29 is 18.0 Å². The number of amides is 1. The van der Waals surface area contributed by atoms with E-state index >= 15 is 0 Å². The summed E-state index contributed by atoms with van der Waals surface area (Å²) in [7, 11) is 1.05. The molecular weight excluding hydrogens is 423 g/mol. The molecule has 4 aromatic rings. The second-order valence-corrected chi connectivity index (χ2v) is 7.01. The summed E-state index contributed by atoms with van der Waals surface area (Å²) in [6.45, 7) is 0. The fourth-order valence-corrected chi connectivity index (χ4v) is 3.43. The summed E-state index contributed by atoms with van der Waals surface area (Å²) < 4.78 is 40.0. The van der Waals surface area contributed by atoms with E-state index < -0.39 is 18.1 Å². The molecule has 162 valence electrons. The molecule has 8 nitrogen and oxygen atoms in total. The Kier molecular flexibility index (Phi) is 5.36. The van der Waals surface area contributed by atoms with Gasteiger partial charge < -0.3 is 9.88 Å². The van der Waals surface area contributed by atoms with Crippen LogP contribution in [0, 0.1) is 11.3 Å². The topological polar surface area (TPSA) is 103 Å². The van der Waals surface area contributed by atoms with Gasteiger partial charge in [0, 0.05) is 36.1 Å². The SMILES string of the molecule is CN(C(=O)C(F)(F)F)c1cccc(C(CC#N)n2cc(-c3ncnc4[nH]ccc34)cn2)c1. The molecule has 0 bridgehead atoms. The van der Waals surface area contributed by atoms with Gasteiger partial charge in [0.05, 0.1) is 30.4 Å². The van der Waals surface area contributed by atoms with E-state index in [9.17, 15) is 23.2 Å². The number of H-pyrrole nitrogens is 1. The van der Waals surface area contributed by atoms with Crippen LogP contribution in [0.25, 0.3) is 22.3 Å². The monoisotopic (exact) mass is 439 g/mol. The van der Waals surface area contributed by atoms with Crippen LogP contribution in [0.5, 0.6) is 0 Å². The number of nitriles is 1. The molecule has 0 aliphatic carbocycles. The zero-order valence-electron chi connectivity index (χ0n) is 16.7. The number of nitrogens with zero attached hydrogens (tertiary/aromatic N) is 6. The molecule has 0 saturated heterocycles. The maximum absolute atomic E-state index is 12.8. The number of benzene rings is 1. The van der Waals surface area contributed by atoms with Crippen LogP contribution in [0.2, 0.25) is 0 Å². The lowest BCUT2D eigenvalue weighted by Gasteiger charge is -2.21. The minimum Gasteiger partial charge on any atom is -0.346 e. The normalized spacial score (nSPS) is 12.5. The van der Waals surface area contributed by atoms with E-state index in [0.29, 0.717) is 27.4 Å². The first kappa shape index (κ1) is 21.0. The van der Waals surface area contributed by atoms with Crippen molar-refractivity contribution >= 4 is 22.6 Å². The Morgan fingerprint density at radius 3 is 2.88 bits per heavy atom. The summed E-state index contributed by atoms with van der Waals surface area (Å²) in [4.78, 5) is 23.6. The number of alkyl halides is 3. The first-order valence-corrected chi connectivity index (χ1v) is 9.44. The Balaban J connectivity index is 1.69. The number of carbonyl (C=O) groups is 1. The average Bonchev–Trinajstić information content (AvgIpc) is 3.45. The molecule has 1 unspecified atom stereocenters. The lowest BCUT2D eigenvalue weighted by atomic mass is 10.0. The number of hydrogen-bond donors (Lipinski definition) is 1. The Morgan fingerprint density at radius 2 is 2.12 bits per heavy atom. The van der Waals surface area contributed by atoms with Crippen LogP contribution >= 0.6 is 0 Å². The van der Waals surface area contributed by atoms with Crippen molar-refractivity contribution in [2.24, 2.45) is 0 Å². The summed E-state index contributed by atoms with van der Waals surface area (Å²) in [6.07, 6.45) is 1.52. The van der Waals surface area contributed by atoms with E-state index in [2.05, 4.69) is 26.1 Å².